The summed E-state index contributed by atoms with van der Waals surface area (Å²) < 4.78 is 16.9. The Morgan fingerprint density at radius 2 is 1.70 bits per heavy atom. The van der Waals surface area contributed by atoms with E-state index in [0.29, 0.717) is 34.3 Å². The van der Waals surface area contributed by atoms with Crippen molar-refractivity contribution in [3.05, 3.63) is 101 Å². The van der Waals surface area contributed by atoms with E-state index in [2.05, 4.69) is 10.5 Å². The maximum Gasteiger partial charge on any atom is 0.343 e. The Morgan fingerprint density at radius 1 is 0.946 bits per heavy atom. The zero-order valence-electron chi connectivity index (χ0n) is 20.3. The number of amides is 1. The molecule has 0 aliphatic rings. The molecule has 4 aromatic carbocycles. The van der Waals surface area contributed by atoms with Gasteiger partial charge >= 0.3 is 5.97 Å². The molecule has 0 aliphatic carbocycles. The van der Waals surface area contributed by atoms with Crippen molar-refractivity contribution in [3.63, 3.8) is 0 Å². The van der Waals surface area contributed by atoms with Crippen molar-refractivity contribution in [1.29, 1.82) is 0 Å². The minimum absolute atomic E-state index is 0.264. The number of carbonyl (C=O) groups is 2. The van der Waals surface area contributed by atoms with Crippen molar-refractivity contribution in [2.75, 3.05) is 6.61 Å². The fourth-order valence-electron chi connectivity index (χ4n) is 3.46. The number of benzene rings is 4. The number of nitrogens with zero attached hydrogens (tertiary/aromatic N) is 1. The molecule has 188 valence electrons. The molecule has 1 N–H and O–H groups in total. The third-order valence-corrected chi connectivity index (χ3v) is 5.59. The highest BCUT2D eigenvalue weighted by atomic mass is 35.5. The third-order valence-electron chi connectivity index (χ3n) is 5.34. The van der Waals surface area contributed by atoms with E-state index < -0.39 is 18.0 Å². The van der Waals surface area contributed by atoms with E-state index in [1.165, 1.54) is 6.21 Å². The van der Waals surface area contributed by atoms with Gasteiger partial charge in [0, 0.05) is 5.02 Å². The van der Waals surface area contributed by atoms with E-state index in [4.69, 9.17) is 25.8 Å². The third kappa shape index (κ3) is 6.86. The van der Waals surface area contributed by atoms with Gasteiger partial charge in [-0.1, -0.05) is 41.9 Å². The van der Waals surface area contributed by atoms with E-state index in [1.54, 1.807) is 49.4 Å². The highest BCUT2D eigenvalue weighted by Gasteiger charge is 2.15. The van der Waals surface area contributed by atoms with Gasteiger partial charge in [0.05, 0.1) is 18.4 Å². The van der Waals surface area contributed by atoms with Crippen LogP contribution in [-0.4, -0.2) is 30.8 Å². The zero-order valence-corrected chi connectivity index (χ0v) is 21.1. The fraction of sp³-hybridized carbons (Fsp3) is 0.138. The number of ether oxygens (including phenoxy) is 3. The molecule has 8 heteroatoms. The molecule has 0 fully saturated rings. The van der Waals surface area contributed by atoms with E-state index in [9.17, 15) is 9.59 Å². The van der Waals surface area contributed by atoms with Crippen molar-refractivity contribution < 1.29 is 23.8 Å². The van der Waals surface area contributed by atoms with Gasteiger partial charge < -0.3 is 14.2 Å². The molecule has 0 heterocycles. The minimum Gasteiger partial charge on any atom is -0.490 e. The monoisotopic (exact) mass is 516 g/mol. The largest absolute Gasteiger partial charge is 0.490 e. The van der Waals surface area contributed by atoms with Crippen molar-refractivity contribution in [2.24, 2.45) is 5.10 Å². The first-order valence-electron chi connectivity index (χ1n) is 11.7. The van der Waals surface area contributed by atoms with Crippen LogP contribution in [0, 0.1) is 0 Å². The first kappa shape index (κ1) is 25.7. The van der Waals surface area contributed by atoms with Crippen LogP contribution in [0.25, 0.3) is 10.8 Å². The quantitative estimate of drug-likeness (QED) is 0.127. The Bertz CT molecular complexity index is 1440. The molecular formula is C29H25ClN2O5. The molecule has 1 amide bonds. The maximum absolute atomic E-state index is 12.5. The molecule has 7 nitrogen and oxygen atoms in total. The van der Waals surface area contributed by atoms with Gasteiger partial charge in [0.2, 0.25) is 0 Å². The van der Waals surface area contributed by atoms with Gasteiger partial charge in [0.1, 0.15) is 5.75 Å². The Hall–Kier alpha value is -4.36. The van der Waals surface area contributed by atoms with Crippen LogP contribution in [0.3, 0.4) is 0 Å². The summed E-state index contributed by atoms with van der Waals surface area (Å²) in [6.07, 6.45) is 0.709. The second-order valence-corrected chi connectivity index (χ2v) is 8.48. The summed E-state index contributed by atoms with van der Waals surface area (Å²) >= 11 is 5.88. The second-order valence-electron chi connectivity index (χ2n) is 8.04. The molecule has 0 unspecified atom stereocenters. The number of hydrogen-bond donors (Lipinski definition) is 1. The van der Waals surface area contributed by atoms with Crippen LogP contribution in [0.5, 0.6) is 17.2 Å². The first-order chi connectivity index (χ1) is 17.9. The van der Waals surface area contributed by atoms with Gasteiger partial charge in [-0.05, 0) is 84.8 Å². The number of esters is 1. The molecule has 0 saturated heterocycles. The normalized spacial score (nSPS) is 11.8. The molecule has 37 heavy (non-hydrogen) atoms. The van der Waals surface area contributed by atoms with Crippen molar-refractivity contribution in [2.45, 2.75) is 20.0 Å². The molecule has 0 bridgehead atoms. The number of hydrazone groups is 1. The molecule has 0 spiro atoms. The van der Waals surface area contributed by atoms with Crippen LogP contribution in [-0.2, 0) is 4.79 Å². The number of rotatable bonds is 9. The summed E-state index contributed by atoms with van der Waals surface area (Å²) in [6.45, 7) is 3.84. The summed E-state index contributed by atoms with van der Waals surface area (Å²) in [7, 11) is 0. The average Bonchev–Trinajstić information content (AvgIpc) is 2.90. The Kier molecular flexibility index (Phi) is 8.38. The molecule has 0 radical (unpaired) electrons. The predicted octanol–water partition coefficient (Wildman–Crippen LogP) is 6.03. The molecule has 0 saturated carbocycles. The van der Waals surface area contributed by atoms with Crippen LogP contribution in [0.4, 0.5) is 0 Å². The van der Waals surface area contributed by atoms with E-state index in [-0.39, 0.29) is 5.75 Å². The standard InChI is InChI=1S/C29H25ClN2O5/c1-3-35-27-16-20(8-15-26(27)37-29(34)22-9-12-24(30)13-10-22)18-31-32-28(33)19(2)36-25-14-11-21-6-4-5-7-23(21)17-25/h4-19H,3H2,1-2H3,(H,32,33)/b31-18-/t19-/m0/s1. The molecule has 4 rings (SSSR count). The Morgan fingerprint density at radius 3 is 2.46 bits per heavy atom. The molecule has 4 aromatic rings. The lowest BCUT2D eigenvalue weighted by molar-refractivity contribution is -0.127. The second kappa shape index (κ2) is 12.1. The zero-order chi connectivity index (χ0) is 26.2. The topological polar surface area (TPSA) is 86.2 Å². The summed E-state index contributed by atoms with van der Waals surface area (Å²) in [6, 6.07) is 24.9. The van der Waals surface area contributed by atoms with Crippen LogP contribution in [0.15, 0.2) is 90.0 Å². The number of halogens is 1. The maximum atomic E-state index is 12.5. The van der Waals surface area contributed by atoms with Gasteiger partial charge in [0.25, 0.3) is 5.91 Å². The number of fused-ring (bicyclic) bond motifs is 1. The SMILES string of the molecule is CCOc1cc(/C=N\NC(=O)[C@H](C)Oc2ccc3ccccc3c2)ccc1OC(=O)c1ccc(Cl)cc1. The Labute approximate surface area is 219 Å². The van der Waals surface area contributed by atoms with Crippen molar-refractivity contribution >= 4 is 40.5 Å². The lowest BCUT2D eigenvalue weighted by Gasteiger charge is -2.13. The smallest absolute Gasteiger partial charge is 0.343 e. The van der Waals surface area contributed by atoms with Gasteiger partial charge in [-0.3, -0.25) is 4.79 Å². The summed E-state index contributed by atoms with van der Waals surface area (Å²) in [5.41, 5.74) is 3.48. The van der Waals surface area contributed by atoms with Crippen molar-refractivity contribution in [1.82, 2.24) is 5.43 Å². The van der Waals surface area contributed by atoms with Crippen LogP contribution in [0.2, 0.25) is 5.02 Å². The molecule has 0 aliphatic heterocycles. The summed E-state index contributed by atoms with van der Waals surface area (Å²) in [5, 5.41) is 6.66. The van der Waals surface area contributed by atoms with Gasteiger partial charge in [-0.2, -0.15) is 5.10 Å². The van der Waals surface area contributed by atoms with Gasteiger partial charge in [0.15, 0.2) is 17.6 Å². The van der Waals surface area contributed by atoms with E-state index in [1.807, 2.05) is 49.4 Å². The minimum atomic E-state index is -0.757. The van der Waals surface area contributed by atoms with Crippen LogP contribution in [0.1, 0.15) is 29.8 Å². The highest BCUT2D eigenvalue weighted by molar-refractivity contribution is 6.30. The summed E-state index contributed by atoms with van der Waals surface area (Å²) in [5.74, 6) is 0.290. The lowest BCUT2D eigenvalue weighted by atomic mass is 10.1. The first-order valence-corrected chi connectivity index (χ1v) is 12.0. The van der Waals surface area contributed by atoms with Gasteiger partial charge in [-0.25, -0.2) is 10.2 Å². The molecule has 1 atom stereocenters. The Balaban J connectivity index is 1.37. The average molecular weight is 517 g/mol. The summed E-state index contributed by atoms with van der Waals surface area (Å²) in [4.78, 5) is 24.9. The molecular weight excluding hydrogens is 492 g/mol. The van der Waals surface area contributed by atoms with Crippen LogP contribution >= 0.6 is 11.6 Å². The van der Waals surface area contributed by atoms with E-state index in [0.717, 1.165) is 10.8 Å². The van der Waals surface area contributed by atoms with Gasteiger partial charge in [-0.15, -0.1) is 0 Å². The lowest BCUT2D eigenvalue weighted by Crippen LogP contribution is -2.33. The number of nitrogens with one attached hydrogen (secondary N) is 1. The van der Waals surface area contributed by atoms with Crippen LogP contribution < -0.4 is 19.6 Å². The van der Waals surface area contributed by atoms with E-state index >= 15 is 0 Å². The molecule has 0 aromatic heterocycles. The highest BCUT2D eigenvalue weighted by Crippen LogP contribution is 2.29. The van der Waals surface area contributed by atoms with Crippen molar-refractivity contribution in [3.8, 4) is 17.2 Å². The number of hydrogen-bond acceptors (Lipinski definition) is 6. The predicted molar refractivity (Wildman–Crippen MR) is 144 cm³/mol. The fourth-order valence-corrected chi connectivity index (χ4v) is 3.59. The number of carbonyl (C=O) groups excluding carboxylic acids is 2.